The van der Waals surface area contributed by atoms with E-state index in [9.17, 15) is 9.90 Å². The highest BCUT2D eigenvalue weighted by molar-refractivity contribution is 5.93. The van der Waals surface area contributed by atoms with E-state index in [1.165, 1.54) is 16.3 Å². The van der Waals surface area contributed by atoms with Gasteiger partial charge in [-0.3, -0.25) is 4.90 Å². The number of fused-ring (bicyclic) bond motifs is 2. The number of anilines is 1. The number of hydrogen-bond donors (Lipinski definition) is 1. The standard InChI is InChI=1S/C23H23N3O2/c27-23(28)21-6-3-9-24-22(21)26-14-19-12-25(13-20(19)15-26)11-16-7-8-17-4-1-2-5-18(17)10-16/h1-10,19-20H,11-15H2,(H,27,28). The van der Waals surface area contributed by atoms with Crippen molar-refractivity contribution in [3.8, 4) is 0 Å². The molecule has 1 N–H and O–H groups in total. The number of rotatable bonds is 4. The molecule has 2 unspecified atom stereocenters. The van der Waals surface area contributed by atoms with Crippen LogP contribution in [0.3, 0.4) is 0 Å². The van der Waals surface area contributed by atoms with Gasteiger partial charge in [-0.1, -0.05) is 36.4 Å². The lowest BCUT2D eigenvalue weighted by Gasteiger charge is -2.23. The molecule has 2 atom stereocenters. The highest BCUT2D eigenvalue weighted by Crippen LogP contribution is 2.35. The van der Waals surface area contributed by atoms with Gasteiger partial charge in [0, 0.05) is 38.9 Å². The van der Waals surface area contributed by atoms with Crippen LogP contribution in [0.5, 0.6) is 0 Å². The molecule has 3 heterocycles. The summed E-state index contributed by atoms with van der Waals surface area (Å²) in [5.41, 5.74) is 1.66. The quantitative estimate of drug-likeness (QED) is 0.759. The Kier molecular flexibility index (Phi) is 4.24. The average Bonchev–Trinajstić information content (AvgIpc) is 3.26. The molecule has 0 radical (unpaired) electrons. The monoisotopic (exact) mass is 373 g/mol. The van der Waals surface area contributed by atoms with Crippen LogP contribution in [0, 0.1) is 11.8 Å². The van der Waals surface area contributed by atoms with Crippen LogP contribution in [0.25, 0.3) is 10.8 Å². The molecule has 5 rings (SSSR count). The fraction of sp³-hybridized carbons (Fsp3) is 0.304. The van der Waals surface area contributed by atoms with Gasteiger partial charge in [-0.25, -0.2) is 9.78 Å². The van der Waals surface area contributed by atoms with Gasteiger partial charge < -0.3 is 10.0 Å². The number of aromatic nitrogens is 1. The van der Waals surface area contributed by atoms with Gasteiger partial charge in [-0.2, -0.15) is 0 Å². The fourth-order valence-corrected chi connectivity index (χ4v) is 4.80. The van der Waals surface area contributed by atoms with Gasteiger partial charge in [-0.15, -0.1) is 0 Å². The highest BCUT2D eigenvalue weighted by atomic mass is 16.4. The Morgan fingerprint density at radius 3 is 2.46 bits per heavy atom. The minimum atomic E-state index is -0.905. The summed E-state index contributed by atoms with van der Waals surface area (Å²) in [6.07, 6.45) is 1.68. The van der Waals surface area contributed by atoms with Crippen molar-refractivity contribution in [2.24, 2.45) is 11.8 Å². The van der Waals surface area contributed by atoms with E-state index in [1.807, 2.05) is 0 Å². The average molecular weight is 373 g/mol. The number of carbonyl (C=O) groups is 1. The maximum absolute atomic E-state index is 11.5. The first-order valence-corrected chi connectivity index (χ1v) is 9.80. The highest BCUT2D eigenvalue weighted by Gasteiger charge is 2.41. The maximum atomic E-state index is 11.5. The third kappa shape index (κ3) is 3.12. The van der Waals surface area contributed by atoms with Crippen LogP contribution in [0.2, 0.25) is 0 Å². The molecule has 0 amide bonds. The second kappa shape index (κ2) is 6.91. The molecule has 1 aromatic heterocycles. The molecular formula is C23H23N3O2. The smallest absolute Gasteiger partial charge is 0.339 e. The number of hydrogen-bond acceptors (Lipinski definition) is 4. The number of nitrogens with zero attached hydrogens (tertiary/aromatic N) is 3. The third-order valence-corrected chi connectivity index (χ3v) is 6.10. The summed E-state index contributed by atoms with van der Waals surface area (Å²) in [5.74, 6) is 0.858. The van der Waals surface area contributed by atoms with Crippen molar-refractivity contribution in [3.05, 3.63) is 71.9 Å². The van der Waals surface area contributed by atoms with Crippen molar-refractivity contribution in [2.75, 3.05) is 31.1 Å². The SMILES string of the molecule is O=C(O)c1cccnc1N1CC2CN(Cc3ccc4ccccc4c3)CC2C1. The molecular weight excluding hydrogens is 350 g/mol. The summed E-state index contributed by atoms with van der Waals surface area (Å²) < 4.78 is 0. The van der Waals surface area contributed by atoms with Crippen LogP contribution in [0.4, 0.5) is 5.82 Å². The van der Waals surface area contributed by atoms with E-state index in [4.69, 9.17) is 0 Å². The van der Waals surface area contributed by atoms with Crippen LogP contribution in [-0.4, -0.2) is 47.1 Å². The number of benzene rings is 2. The molecule has 0 spiro atoms. The summed E-state index contributed by atoms with van der Waals surface area (Å²) >= 11 is 0. The van der Waals surface area contributed by atoms with Crippen molar-refractivity contribution in [1.82, 2.24) is 9.88 Å². The zero-order chi connectivity index (χ0) is 19.1. The molecule has 2 fully saturated rings. The summed E-state index contributed by atoms with van der Waals surface area (Å²) in [5, 5.41) is 12.0. The van der Waals surface area contributed by atoms with Gasteiger partial charge in [0.05, 0.1) is 0 Å². The Bertz CT molecular complexity index is 1020. The van der Waals surface area contributed by atoms with E-state index < -0.39 is 5.97 Å². The first kappa shape index (κ1) is 17.2. The largest absolute Gasteiger partial charge is 0.478 e. The lowest BCUT2D eigenvalue weighted by atomic mass is 10.0. The Morgan fingerprint density at radius 1 is 0.964 bits per heavy atom. The molecule has 0 saturated carbocycles. The zero-order valence-electron chi connectivity index (χ0n) is 15.7. The number of likely N-dealkylation sites (tertiary alicyclic amines) is 1. The van der Waals surface area contributed by atoms with Crippen molar-refractivity contribution in [3.63, 3.8) is 0 Å². The molecule has 2 aromatic carbocycles. The summed E-state index contributed by atoms with van der Waals surface area (Å²) in [7, 11) is 0. The molecule has 3 aromatic rings. The van der Waals surface area contributed by atoms with Gasteiger partial charge in [0.1, 0.15) is 11.4 Å². The van der Waals surface area contributed by atoms with E-state index in [0.717, 1.165) is 32.7 Å². The Labute approximate surface area is 164 Å². The first-order chi connectivity index (χ1) is 13.7. The number of pyridine rings is 1. The normalized spacial score (nSPS) is 21.9. The summed E-state index contributed by atoms with van der Waals surface area (Å²) in [6, 6.07) is 18.5. The van der Waals surface area contributed by atoms with Crippen molar-refractivity contribution in [1.29, 1.82) is 0 Å². The third-order valence-electron chi connectivity index (χ3n) is 6.10. The molecule has 2 saturated heterocycles. The lowest BCUT2D eigenvalue weighted by Crippen LogP contribution is -2.30. The lowest BCUT2D eigenvalue weighted by molar-refractivity contribution is 0.0697. The van der Waals surface area contributed by atoms with Crippen molar-refractivity contribution >= 4 is 22.6 Å². The van der Waals surface area contributed by atoms with Crippen LogP contribution in [0.15, 0.2) is 60.8 Å². The molecule has 5 heteroatoms. The van der Waals surface area contributed by atoms with E-state index in [-0.39, 0.29) is 0 Å². The minimum Gasteiger partial charge on any atom is -0.478 e. The van der Waals surface area contributed by atoms with Crippen LogP contribution in [-0.2, 0) is 6.54 Å². The van der Waals surface area contributed by atoms with Crippen molar-refractivity contribution in [2.45, 2.75) is 6.54 Å². The van der Waals surface area contributed by atoms with E-state index >= 15 is 0 Å². The second-order valence-corrected chi connectivity index (χ2v) is 7.98. The maximum Gasteiger partial charge on any atom is 0.339 e. The molecule has 5 nitrogen and oxygen atoms in total. The Morgan fingerprint density at radius 2 is 1.71 bits per heavy atom. The molecule has 28 heavy (non-hydrogen) atoms. The topological polar surface area (TPSA) is 56.7 Å². The minimum absolute atomic E-state index is 0.301. The fourth-order valence-electron chi connectivity index (χ4n) is 4.80. The molecule has 0 bridgehead atoms. The van der Waals surface area contributed by atoms with Crippen LogP contribution in [0.1, 0.15) is 15.9 Å². The number of carboxylic acid groups (broad SMARTS) is 1. The van der Waals surface area contributed by atoms with Crippen LogP contribution < -0.4 is 4.90 Å². The van der Waals surface area contributed by atoms with Crippen LogP contribution >= 0.6 is 0 Å². The van der Waals surface area contributed by atoms with Crippen molar-refractivity contribution < 1.29 is 9.90 Å². The van der Waals surface area contributed by atoms with Gasteiger partial charge in [-0.05, 0) is 46.4 Å². The van der Waals surface area contributed by atoms with E-state index in [0.29, 0.717) is 23.2 Å². The molecule has 142 valence electrons. The van der Waals surface area contributed by atoms with Gasteiger partial charge in [0.2, 0.25) is 0 Å². The number of carboxylic acids is 1. The first-order valence-electron chi connectivity index (χ1n) is 9.80. The summed E-state index contributed by atoms with van der Waals surface area (Å²) in [6.45, 7) is 4.86. The molecule has 0 aliphatic carbocycles. The number of aromatic carboxylic acids is 1. The Hall–Kier alpha value is -2.92. The van der Waals surface area contributed by atoms with Gasteiger partial charge >= 0.3 is 5.97 Å². The summed E-state index contributed by atoms with van der Waals surface area (Å²) in [4.78, 5) is 20.5. The molecule has 2 aliphatic heterocycles. The predicted molar refractivity (Wildman–Crippen MR) is 110 cm³/mol. The Balaban J connectivity index is 1.26. The second-order valence-electron chi connectivity index (χ2n) is 7.98. The predicted octanol–water partition coefficient (Wildman–Crippen LogP) is 3.50. The van der Waals surface area contributed by atoms with Gasteiger partial charge in [0.25, 0.3) is 0 Å². The zero-order valence-corrected chi connectivity index (χ0v) is 15.7. The van der Waals surface area contributed by atoms with E-state index in [2.05, 4.69) is 57.2 Å². The molecule has 2 aliphatic rings. The van der Waals surface area contributed by atoms with E-state index in [1.54, 1.807) is 18.3 Å². The van der Waals surface area contributed by atoms with Gasteiger partial charge in [0.15, 0.2) is 0 Å².